The Labute approximate surface area is 96.5 Å². The Balaban J connectivity index is 2.00. The van der Waals surface area contributed by atoms with E-state index >= 15 is 0 Å². The molecule has 0 radical (unpaired) electrons. The minimum absolute atomic E-state index is 0.184. The fraction of sp³-hybridized carbons (Fsp3) is 0.455. The van der Waals surface area contributed by atoms with Crippen molar-refractivity contribution < 1.29 is 13.9 Å². The maximum Gasteiger partial charge on any atom is 0.199 e. The Morgan fingerprint density at radius 1 is 1.40 bits per heavy atom. The van der Waals surface area contributed by atoms with Crippen molar-refractivity contribution in [3.05, 3.63) is 28.5 Å². The molecular formula is C11H12BrFO2. The second-order valence-corrected chi connectivity index (χ2v) is 4.34. The predicted molar refractivity (Wildman–Crippen MR) is 58.3 cm³/mol. The van der Waals surface area contributed by atoms with E-state index in [2.05, 4.69) is 15.9 Å². The van der Waals surface area contributed by atoms with Gasteiger partial charge in [0.1, 0.15) is 11.6 Å². The lowest BCUT2D eigenvalue weighted by atomic mass is 10.2. The highest BCUT2D eigenvalue weighted by Crippen LogP contribution is 2.24. The summed E-state index contributed by atoms with van der Waals surface area (Å²) in [6.45, 7) is 0.743. The summed E-state index contributed by atoms with van der Waals surface area (Å²) in [6.07, 6.45) is 2.92. The molecule has 2 nitrogen and oxygen atoms in total. The van der Waals surface area contributed by atoms with Crippen LogP contribution >= 0.6 is 15.9 Å². The molecule has 0 spiro atoms. The van der Waals surface area contributed by atoms with Crippen molar-refractivity contribution in [2.75, 3.05) is 6.61 Å². The maximum absolute atomic E-state index is 12.9. The molecule has 1 fully saturated rings. The number of hydrogen-bond acceptors (Lipinski definition) is 2. The molecular weight excluding hydrogens is 263 g/mol. The molecule has 0 saturated carbocycles. The van der Waals surface area contributed by atoms with Crippen LogP contribution in [0.2, 0.25) is 0 Å². The van der Waals surface area contributed by atoms with Crippen molar-refractivity contribution in [2.45, 2.75) is 25.6 Å². The molecule has 82 valence electrons. The van der Waals surface area contributed by atoms with Gasteiger partial charge in [-0.25, -0.2) is 4.39 Å². The van der Waals surface area contributed by atoms with Crippen molar-refractivity contribution in [3.63, 3.8) is 0 Å². The molecule has 1 saturated heterocycles. The lowest BCUT2D eigenvalue weighted by molar-refractivity contribution is -0.105. The molecule has 1 aliphatic rings. The first-order chi connectivity index (χ1) is 7.25. The van der Waals surface area contributed by atoms with Crippen LogP contribution in [0.25, 0.3) is 0 Å². The zero-order valence-electron chi connectivity index (χ0n) is 8.21. The number of hydrogen-bond donors (Lipinski definition) is 0. The molecule has 1 aliphatic heterocycles. The summed E-state index contributed by atoms with van der Waals surface area (Å²) in [4.78, 5) is 0. The van der Waals surface area contributed by atoms with Crippen LogP contribution in [-0.2, 0) is 4.74 Å². The van der Waals surface area contributed by atoms with Gasteiger partial charge in [0.15, 0.2) is 6.29 Å². The molecule has 1 heterocycles. The van der Waals surface area contributed by atoms with Gasteiger partial charge in [0, 0.05) is 6.42 Å². The topological polar surface area (TPSA) is 18.5 Å². The van der Waals surface area contributed by atoms with Crippen LogP contribution < -0.4 is 4.74 Å². The molecule has 1 aromatic rings. The van der Waals surface area contributed by atoms with E-state index in [9.17, 15) is 4.39 Å². The minimum Gasteiger partial charge on any atom is -0.465 e. The smallest absolute Gasteiger partial charge is 0.199 e. The SMILES string of the molecule is Fc1ccc(OC2CCCCO2)cc1Br. The van der Waals surface area contributed by atoms with Gasteiger partial charge in [-0.2, -0.15) is 0 Å². The van der Waals surface area contributed by atoms with Crippen LogP contribution in [-0.4, -0.2) is 12.9 Å². The van der Waals surface area contributed by atoms with E-state index in [0.29, 0.717) is 10.2 Å². The van der Waals surface area contributed by atoms with E-state index in [-0.39, 0.29) is 12.1 Å². The second-order valence-electron chi connectivity index (χ2n) is 3.49. The van der Waals surface area contributed by atoms with Crippen LogP contribution in [0.15, 0.2) is 22.7 Å². The molecule has 0 amide bonds. The van der Waals surface area contributed by atoms with Gasteiger partial charge in [-0.1, -0.05) is 0 Å². The molecule has 0 aliphatic carbocycles. The highest BCUT2D eigenvalue weighted by atomic mass is 79.9. The molecule has 0 bridgehead atoms. The van der Waals surface area contributed by atoms with Crippen molar-refractivity contribution >= 4 is 15.9 Å². The van der Waals surface area contributed by atoms with Crippen molar-refractivity contribution in [1.29, 1.82) is 0 Å². The van der Waals surface area contributed by atoms with Gasteiger partial charge in [-0.05, 0) is 47.0 Å². The van der Waals surface area contributed by atoms with E-state index < -0.39 is 0 Å². The average molecular weight is 275 g/mol. The number of halogens is 2. The molecule has 15 heavy (non-hydrogen) atoms. The molecule has 0 aromatic heterocycles. The van der Waals surface area contributed by atoms with Gasteiger partial charge in [0.2, 0.25) is 0 Å². The van der Waals surface area contributed by atoms with Crippen molar-refractivity contribution in [3.8, 4) is 5.75 Å². The summed E-state index contributed by atoms with van der Waals surface area (Å²) in [5.41, 5.74) is 0. The molecule has 0 N–H and O–H groups in total. The van der Waals surface area contributed by atoms with E-state index in [1.54, 1.807) is 12.1 Å². The van der Waals surface area contributed by atoms with Crippen LogP contribution in [0.5, 0.6) is 5.75 Å². The van der Waals surface area contributed by atoms with Crippen molar-refractivity contribution in [1.82, 2.24) is 0 Å². The monoisotopic (exact) mass is 274 g/mol. The fourth-order valence-corrected chi connectivity index (χ4v) is 1.86. The quantitative estimate of drug-likeness (QED) is 0.822. The average Bonchev–Trinajstić information content (AvgIpc) is 2.25. The van der Waals surface area contributed by atoms with Crippen LogP contribution in [0.1, 0.15) is 19.3 Å². The Morgan fingerprint density at radius 2 is 2.27 bits per heavy atom. The summed E-state index contributed by atoms with van der Waals surface area (Å²) in [5.74, 6) is 0.349. The number of benzene rings is 1. The van der Waals surface area contributed by atoms with Crippen LogP contribution in [0.3, 0.4) is 0 Å². The third-order valence-corrected chi connectivity index (χ3v) is 2.90. The summed E-state index contributed by atoms with van der Waals surface area (Å²) in [5, 5.41) is 0. The zero-order chi connectivity index (χ0) is 10.7. The largest absolute Gasteiger partial charge is 0.465 e. The number of rotatable bonds is 2. The second kappa shape index (κ2) is 4.94. The third-order valence-electron chi connectivity index (χ3n) is 2.30. The summed E-state index contributed by atoms with van der Waals surface area (Å²) < 4.78 is 24.3. The highest BCUT2D eigenvalue weighted by molar-refractivity contribution is 9.10. The van der Waals surface area contributed by atoms with Gasteiger partial charge in [-0.15, -0.1) is 0 Å². The van der Waals surface area contributed by atoms with E-state index in [4.69, 9.17) is 9.47 Å². The zero-order valence-corrected chi connectivity index (χ0v) is 9.80. The van der Waals surface area contributed by atoms with Crippen molar-refractivity contribution in [2.24, 2.45) is 0 Å². The van der Waals surface area contributed by atoms with Crippen LogP contribution in [0.4, 0.5) is 4.39 Å². The molecule has 4 heteroatoms. The fourth-order valence-electron chi connectivity index (χ4n) is 1.51. The standard InChI is InChI=1S/C11H12BrFO2/c12-9-7-8(4-5-10(9)13)15-11-3-1-2-6-14-11/h4-5,7,11H,1-3,6H2. The summed E-state index contributed by atoms with van der Waals surface area (Å²) in [7, 11) is 0. The predicted octanol–water partition coefficient (Wildman–Crippen LogP) is 3.49. The lowest BCUT2D eigenvalue weighted by Gasteiger charge is -2.23. The Hall–Kier alpha value is -0.610. The molecule has 2 rings (SSSR count). The molecule has 1 atom stereocenters. The van der Waals surface area contributed by atoms with Gasteiger partial charge in [0.05, 0.1) is 11.1 Å². The molecule has 1 aromatic carbocycles. The Morgan fingerprint density at radius 3 is 2.93 bits per heavy atom. The van der Waals surface area contributed by atoms with Crippen LogP contribution in [0, 0.1) is 5.82 Å². The third kappa shape index (κ3) is 2.92. The number of ether oxygens (including phenoxy) is 2. The van der Waals surface area contributed by atoms with E-state index in [1.165, 1.54) is 6.07 Å². The van der Waals surface area contributed by atoms with Gasteiger partial charge in [0.25, 0.3) is 0 Å². The first kappa shape index (κ1) is 10.9. The van der Waals surface area contributed by atoms with Gasteiger partial charge < -0.3 is 9.47 Å². The summed E-state index contributed by atoms with van der Waals surface area (Å²) >= 11 is 3.12. The Bertz CT molecular complexity index is 337. The van der Waals surface area contributed by atoms with Gasteiger partial charge >= 0.3 is 0 Å². The lowest BCUT2D eigenvalue weighted by Crippen LogP contribution is -2.24. The van der Waals surface area contributed by atoms with E-state index in [0.717, 1.165) is 25.9 Å². The minimum atomic E-state index is -0.285. The normalized spacial score (nSPS) is 21.3. The van der Waals surface area contributed by atoms with Gasteiger partial charge in [-0.3, -0.25) is 0 Å². The first-order valence-electron chi connectivity index (χ1n) is 4.99. The molecule has 1 unspecified atom stereocenters. The van der Waals surface area contributed by atoms with E-state index in [1.807, 2.05) is 0 Å². The highest BCUT2D eigenvalue weighted by Gasteiger charge is 2.15. The first-order valence-corrected chi connectivity index (χ1v) is 5.78. The Kier molecular flexibility index (Phi) is 3.59. The maximum atomic E-state index is 12.9. The summed E-state index contributed by atoms with van der Waals surface area (Å²) in [6, 6.07) is 4.60.